The molecule has 21 heavy (non-hydrogen) atoms. The highest BCUT2D eigenvalue weighted by molar-refractivity contribution is 5.51. The first-order valence-electron chi connectivity index (χ1n) is 6.55. The second-order valence-electron chi connectivity index (χ2n) is 4.70. The largest absolute Gasteiger partial charge is 0.496 e. The van der Waals surface area contributed by atoms with Gasteiger partial charge in [-0.2, -0.15) is 0 Å². The van der Waals surface area contributed by atoms with Crippen molar-refractivity contribution in [3.63, 3.8) is 0 Å². The molecule has 0 aliphatic heterocycles. The van der Waals surface area contributed by atoms with Gasteiger partial charge in [0.05, 0.1) is 25.8 Å². The minimum Gasteiger partial charge on any atom is -0.496 e. The quantitative estimate of drug-likeness (QED) is 0.656. The van der Waals surface area contributed by atoms with E-state index < -0.39 is 6.04 Å². The molecule has 1 atom stereocenters. The lowest BCUT2D eigenvalue weighted by Crippen LogP contribution is -2.30. The summed E-state index contributed by atoms with van der Waals surface area (Å²) in [6.45, 7) is 1.90. The average molecular weight is 290 g/mol. The van der Waals surface area contributed by atoms with Crippen molar-refractivity contribution in [3.8, 4) is 11.5 Å². The molecular formula is C16H19FN2O2. The van der Waals surface area contributed by atoms with Gasteiger partial charge in [-0.3, -0.25) is 5.84 Å². The molecule has 4 nitrogen and oxygen atoms in total. The first kappa shape index (κ1) is 15.3. The Hall–Kier alpha value is -2.11. The molecule has 0 aliphatic rings. The predicted octanol–water partition coefficient (Wildman–Crippen LogP) is 2.70. The summed E-state index contributed by atoms with van der Waals surface area (Å²) in [4.78, 5) is 0. The van der Waals surface area contributed by atoms with Gasteiger partial charge < -0.3 is 9.47 Å². The Kier molecular flexibility index (Phi) is 4.77. The topological polar surface area (TPSA) is 56.5 Å². The highest BCUT2D eigenvalue weighted by atomic mass is 19.1. The molecule has 0 saturated carbocycles. The number of hydrazine groups is 1. The number of hydrogen-bond donors (Lipinski definition) is 2. The van der Waals surface area contributed by atoms with Crippen LogP contribution in [0, 0.1) is 12.7 Å². The lowest BCUT2D eigenvalue weighted by atomic mass is 9.95. The summed E-state index contributed by atoms with van der Waals surface area (Å²) in [5.74, 6) is 6.50. The molecule has 0 aromatic heterocycles. The maximum Gasteiger partial charge on any atom is 0.128 e. The van der Waals surface area contributed by atoms with Crippen LogP contribution in [0.5, 0.6) is 11.5 Å². The van der Waals surface area contributed by atoms with Crippen molar-refractivity contribution in [1.82, 2.24) is 5.43 Å². The molecule has 0 saturated heterocycles. The third-order valence-corrected chi connectivity index (χ3v) is 3.38. The second-order valence-corrected chi connectivity index (χ2v) is 4.70. The molecule has 3 N–H and O–H groups in total. The third-order valence-electron chi connectivity index (χ3n) is 3.38. The number of rotatable bonds is 5. The average Bonchev–Trinajstić information content (AvgIpc) is 2.51. The van der Waals surface area contributed by atoms with E-state index in [1.807, 2.05) is 6.92 Å². The Labute approximate surface area is 123 Å². The Morgan fingerprint density at radius 3 is 2.24 bits per heavy atom. The lowest BCUT2D eigenvalue weighted by Gasteiger charge is -2.22. The van der Waals surface area contributed by atoms with E-state index in [0.717, 1.165) is 5.56 Å². The van der Waals surface area contributed by atoms with Crippen molar-refractivity contribution in [1.29, 1.82) is 0 Å². The van der Waals surface area contributed by atoms with Crippen LogP contribution >= 0.6 is 0 Å². The fraction of sp³-hybridized carbons (Fsp3) is 0.250. The molecule has 0 spiro atoms. The van der Waals surface area contributed by atoms with Gasteiger partial charge in [0.25, 0.3) is 0 Å². The Morgan fingerprint density at radius 1 is 1.10 bits per heavy atom. The van der Waals surface area contributed by atoms with Crippen LogP contribution in [0.3, 0.4) is 0 Å². The molecule has 112 valence electrons. The van der Waals surface area contributed by atoms with E-state index in [1.54, 1.807) is 44.6 Å². The molecule has 0 heterocycles. The Balaban J connectivity index is 2.63. The molecule has 0 amide bonds. The second kappa shape index (κ2) is 6.56. The zero-order valence-corrected chi connectivity index (χ0v) is 12.3. The summed E-state index contributed by atoms with van der Waals surface area (Å²) >= 11 is 0. The van der Waals surface area contributed by atoms with Crippen LogP contribution < -0.4 is 20.7 Å². The highest BCUT2D eigenvalue weighted by Gasteiger charge is 2.24. The van der Waals surface area contributed by atoms with E-state index in [4.69, 9.17) is 15.3 Å². The number of methoxy groups -OCH3 is 2. The lowest BCUT2D eigenvalue weighted by molar-refractivity contribution is 0.376. The van der Waals surface area contributed by atoms with E-state index in [1.165, 1.54) is 6.07 Å². The van der Waals surface area contributed by atoms with Gasteiger partial charge in [-0.15, -0.1) is 0 Å². The van der Waals surface area contributed by atoms with Gasteiger partial charge in [-0.05, 0) is 25.1 Å². The van der Waals surface area contributed by atoms with Gasteiger partial charge >= 0.3 is 0 Å². The molecule has 0 bridgehead atoms. The normalized spacial score (nSPS) is 12.0. The summed E-state index contributed by atoms with van der Waals surface area (Å²) in [5, 5.41) is 0. The molecule has 0 radical (unpaired) electrons. The minimum atomic E-state index is -0.573. The Morgan fingerprint density at radius 2 is 1.71 bits per heavy atom. The number of hydrogen-bond acceptors (Lipinski definition) is 4. The first-order valence-corrected chi connectivity index (χ1v) is 6.55. The molecule has 2 rings (SSSR count). The number of nitrogens with two attached hydrogens (primary N) is 1. The van der Waals surface area contributed by atoms with Crippen LogP contribution in [-0.2, 0) is 0 Å². The van der Waals surface area contributed by atoms with E-state index in [-0.39, 0.29) is 5.82 Å². The molecule has 2 aromatic carbocycles. The van der Waals surface area contributed by atoms with E-state index in [2.05, 4.69) is 5.43 Å². The summed E-state index contributed by atoms with van der Waals surface area (Å²) in [5.41, 5.74) is 4.70. The van der Waals surface area contributed by atoms with Crippen LogP contribution in [0.1, 0.15) is 22.7 Å². The van der Waals surface area contributed by atoms with Crippen molar-refractivity contribution < 1.29 is 13.9 Å². The van der Waals surface area contributed by atoms with Gasteiger partial charge in [-0.1, -0.05) is 23.8 Å². The first-order chi connectivity index (χ1) is 10.1. The van der Waals surface area contributed by atoms with Crippen LogP contribution in [0.25, 0.3) is 0 Å². The maximum absolute atomic E-state index is 14.2. The molecule has 0 aliphatic carbocycles. The SMILES string of the molecule is COc1cccc(OC)c1C(NN)c1cc(C)ccc1F. The fourth-order valence-corrected chi connectivity index (χ4v) is 2.38. The van der Waals surface area contributed by atoms with Crippen molar-refractivity contribution in [3.05, 3.63) is 58.9 Å². The van der Waals surface area contributed by atoms with Gasteiger partial charge in [0.1, 0.15) is 17.3 Å². The van der Waals surface area contributed by atoms with Crippen LogP contribution in [0.4, 0.5) is 4.39 Å². The van der Waals surface area contributed by atoms with Crippen molar-refractivity contribution in [2.45, 2.75) is 13.0 Å². The molecule has 5 heteroatoms. The molecule has 1 unspecified atom stereocenters. The van der Waals surface area contributed by atoms with Crippen LogP contribution in [0.2, 0.25) is 0 Å². The van der Waals surface area contributed by atoms with Crippen LogP contribution in [0.15, 0.2) is 36.4 Å². The number of ether oxygens (including phenoxy) is 2. The fourth-order valence-electron chi connectivity index (χ4n) is 2.38. The molecule has 2 aromatic rings. The minimum absolute atomic E-state index is 0.337. The summed E-state index contributed by atoms with van der Waals surface area (Å²) in [7, 11) is 3.11. The van der Waals surface area contributed by atoms with Crippen molar-refractivity contribution in [2.24, 2.45) is 5.84 Å². The monoisotopic (exact) mass is 290 g/mol. The number of aryl methyl sites for hydroxylation is 1. The van der Waals surface area contributed by atoms with Crippen LogP contribution in [-0.4, -0.2) is 14.2 Å². The molecular weight excluding hydrogens is 271 g/mol. The predicted molar refractivity (Wildman–Crippen MR) is 79.8 cm³/mol. The third kappa shape index (κ3) is 2.99. The van der Waals surface area contributed by atoms with Gasteiger partial charge in [0, 0.05) is 5.56 Å². The molecule has 0 fully saturated rings. The van der Waals surface area contributed by atoms with Crippen molar-refractivity contribution in [2.75, 3.05) is 14.2 Å². The number of halogens is 1. The number of nitrogens with one attached hydrogen (secondary N) is 1. The number of benzene rings is 2. The van der Waals surface area contributed by atoms with E-state index in [0.29, 0.717) is 22.6 Å². The summed E-state index contributed by atoms with van der Waals surface area (Å²) in [6, 6.07) is 9.71. The van der Waals surface area contributed by atoms with Gasteiger partial charge in [-0.25, -0.2) is 9.82 Å². The summed E-state index contributed by atoms with van der Waals surface area (Å²) < 4.78 is 24.9. The maximum atomic E-state index is 14.2. The smallest absolute Gasteiger partial charge is 0.128 e. The Bertz CT molecular complexity index is 609. The highest BCUT2D eigenvalue weighted by Crippen LogP contribution is 2.37. The standard InChI is InChI=1S/C16H19FN2O2/c1-10-7-8-12(17)11(9-10)16(19-18)15-13(20-2)5-4-6-14(15)21-3/h4-9,16,19H,18H2,1-3H3. The van der Waals surface area contributed by atoms with E-state index in [9.17, 15) is 4.39 Å². The summed E-state index contributed by atoms with van der Waals surface area (Å²) in [6.07, 6.45) is 0. The van der Waals surface area contributed by atoms with Gasteiger partial charge in [0.2, 0.25) is 0 Å². The van der Waals surface area contributed by atoms with Crippen molar-refractivity contribution >= 4 is 0 Å². The zero-order valence-electron chi connectivity index (χ0n) is 12.3. The van der Waals surface area contributed by atoms with Gasteiger partial charge in [0.15, 0.2) is 0 Å². The van der Waals surface area contributed by atoms with E-state index >= 15 is 0 Å². The zero-order chi connectivity index (χ0) is 15.4.